The third-order valence-electron chi connectivity index (χ3n) is 6.34. The molecular weight excluding hydrogens is 468 g/mol. The van der Waals surface area contributed by atoms with E-state index in [4.69, 9.17) is 18.9 Å². The summed E-state index contributed by atoms with van der Waals surface area (Å²) in [6, 6.07) is 27.4. The van der Waals surface area contributed by atoms with E-state index in [1.807, 2.05) is 84.9 Å². The summed E-state index contributed by atoms with van der Waals surface area (Å²) in [5.41, 5.74) is 3.72. The van der Waals surface area contributed by atoms with Gasteiger partial charge < -0.3 is 19.0 Å². The minimum Gasteiger partial charge on any atom is -0.482 e. The van der Waals surface area contributed by atoms with Crippen LogP contribution in [0, 0.1) is 0 Å². The molecule has 7 nitrogen and oxygen atoms in total. The quantitative estimate of drug-likeness (QED) is 0.315. The molecule has 0 aliphatic carbocycles. The first-order valence-electron chi connectivity index (χ1n) is 12.5. The van der Waals surface area contributed by atoms with Gasteiger partial charge in [-0.25, -0.2) is 9.78 Å². The van der Waals surface area contributed by atoms with E-state index in [2.05, 4.69) is 4.90 Å². The number of esters is 1. The van der Waals surface area contributed by atoms with Gasteiger partial charge in [0.05, 0.1) is 18.8 Å². The Kier molecular flexibility index (Phi) is 7.63. The summed E-state index contributed by atoms with van der Waals surface area (Å²) < 4.78 is 17.0. The van der Waals surface area contributed by atoms with Crippen LogP contribution < -0.4 is 4.74 Å². The number of rotatable bonds is 9. The zero-order chi connectivity index (χ0) is 25.6. The number of carbonyl (C=O) groups is 1. The number of aromatic nitrogens is 1. The van der Waals surface area contributed by atoms with E-state index >= 15 is 0 Å². The minimum absolute atomic E-state index is 0.136. The summed E-state index contributed by atoms with van der Waals surface area (Å²) in [6.45, 7) is 3.02. The molecule has 1 fully saturated rings. The maximum atomic E-state index is 11.6. The molecule has 1 aliphatic rings. The first kappa shape index (κ1) is 24.7. The first-order chi connectivity index (χ1) is 18.1. The SMILES string of the molecule is CCOC(=O)COc1cccc(CN2C[C@@H](O)C[C@H]2c2nc(-c3ccccc3)c(-c3ccccc3)o2)c1. The molecule has 5 rings (SSSR count). The van der Waals surface area contributed by atoms with Gasteiger partial charge in [0.2, 0.25) is 5.89 Å². The molecule has 1 aromatic heterocycles. The topological polar surface area (TPSA) is 85.0 Å². The molecule has 190 valence electrons. The summed E-state index contributed by atoms with van der Waals surface area (Å²) in [7, 11) is 0. The highest BCUT2D eigenvalue weighted by molar-refractivity contribution is 5.76. The fraction of sp³-hybridized carbons (Fsp3) is 0.267. The normalized spacial score (nSPS) is 17.6. The van der Waals surface area contributed by atoms with Crippen LogP contribution in [0.4, 0.5) is 0 Å². The molecule has 0 unspecified atom stereocenters. The Morgan fingerprint density at radius 2 is 1.76 bits per heavy atom. The Bertz CT molecular complexity index is 1270. The monoisotopic (exact) mass is 498 g/mol. The van der Waals surface area contributed by atoms with Gasteiger partial charge in [-0.2, -0.15) is 0 Å². The van der Waals surface area contributed by atoms with E-state index in [1.54, 1.807) is 6.92 Å². The Labute approximate surface area is 216 Å². The van der Waals surface area contributed by atoms with Crippen LogP contribution in [0.3, 0.4) is 0 Å². The van der Waals surface area contributed by atoms with Crippen molar-refractivity contribution in [2.75, 3.05) is 19.8 Å². The standard InChI is InChI=1S/C30H30N2O5/c1-2-35-27(34)20-36-25-15-9-10-21(16-25)18-32-19-24(33)17-26(32)30-31-28(22-11-5-3-6-12-22)29(37-30)23-13-7-4-8-14-23/h3-16,24,26,33H,2,17-20H2,1H3/t24-,26-/m0/s1. The van der Waals surface area contributed by atoms with E-state index < -0.39 is 12.1 Å². The van der Waals surface area contributed by atoms with Gasteiger partial charge >= 0.3 is 5.97 Å². The van der Waals surface area contributed by atoms with Gasteiger partial charge in [0.1, 0.15) is 11.4 Å². The van der Waals surface area contributed by atoms with Crippen LogP contribution in [0.5, 0.6) is 5.75 Å². The highest BCUT2D eigenvalue weighted by atomic mass is 16.6. The van der Waals surface area contributed by atoms with E-state index in [1.165, 1.54) is 0 Å². The largest absolute Gasteiger partial charge is 0.482 e. The second kappa shape index (κ2) is 11.4. The lowest BCUT2D eigenvalue weighted by molar-refractivity contribution is -0.145. The van der Waals surface area contributed by atoms with Crippen LogP contribution in [-0.4, -0.2) is 46.8 Å². The van der Waals surface area contributed by atoms with E-state index in [-0.39, 0.29) is 12.6 Å². The van der Waals surface area contributed by atoms with Gasteiger partial charge in [-0.1, -0.05) is 72.8 Å². The molecule has 37 heavy (non-hydrogen) atoms. The van der Waals surface area contributed by atoms with Crippen molar-refractivity contribution in [3.05, 3.63) is 96.4 Å². The summed E-state index contributed by atoms with van der Waals surface area (Å²) in [6.07, 6.45) is 0.0441. The van der Waals surface area contributed by atoms with Gasteiger partial charge in [0.25, 0.3) is 0 Å². The van der Waals surface area contributed by atoms with Crippen molar-refractivity contribution in [2.45, 2.75) is 32.0 Å². The maximum absolute atomic E-state index is 11.6. The fourth-order valence-corrected chi connectivity index (χ4v) is 4.68. The summed E-state index contributed by atoms with van der Waals surface area (Å²) in [5, 5.41) is 10.6. The zero-order valence-corrected chi connectivity index (χ0v) is 20.7. The molecule has 1 aliphatic heterocycles. The molecule has 0 bridgehead atoms. The molecule has 2 atom stereocenters. The van der Waals surface area contributed by atoms with E-state index in [0.29, 0.717) is 37.8 Å². The number of hydrogen-bond acceptors (Lipinski definition) is 7. The average molecular weight is 499 g/mol. The minimum atomic E-state index is -0.486. The van der Waals surface area contributed by atoms with Crippen LogP contribution in [0.1, 0.15) is 30.8 Å². The fourth-order valence-electron chi connectivity index (χ4n) is 4.68. The van der Waals surface area contributed by atoms with E-state index in [0.717, 1.165) is 28.1 Å². The van der Waals surface area contributed by atoms with Crippen LogP contribution in [-0.2, 0) is 16.1 Å². The molecule has 0 spiro atoms. The van der Waals surface area contributed by atoms with Crippen molar-refractivity contribution in [3.63, 3.8) is 0 Å². The van der Waals surface area contributed by atoms with Gasteiger partial charge in [-0.3, -0.25) is 4.90 Å². The number of likely N-dealkylation sites (tertiary alicyclic amines) is 1. The third kappa shape index (κ3) is 5.90. The number of aliphatic hydroxyl groups excluding tert-OH is 1. The van der Waals surface area contributed by atoms with Crippen LogP contribution in [0.15, 0.2) is 89.3 Å². The lowest BCUT2D eigenvalue weighted by Gasteiger charge is -2.22. The van der Waals surface area contributed by atoms with Crippen molar-refractivity contribution >= 4 is 5.97 Å². The molecule has 4 aromatic rings. The van der Waals surface area contributed by atoms with E-state index in [9.17, 15) is 9.90 Å². The number of hydrogen-bond donors (Lipinski definition) is 1. The molecule has 1 saturated heterocycles. The van der Waals surface area contributed by atoms with Crippen molar-refractivity contribution in [3.8, 4) is 28.3 Å². The molecule has 7 heteroatoms. The van der Waals surface area contributed by atoms with Crippen molar-refractivity contribution in [1.29, 1.82) is 0 Å². The summed E-state index contributed by atoms with van der Waals surface area (Å²) in [4.78, 5) is 18.8. The predicted octanol–water partition coefficient (Wildman–Crippen LogP) is 5.26. The molecule has 0 amide bonds. The average Bonchev–Trinajstić information content (AvgIpc) is 3.52. The van der Waals surface area contributed by atoms with Gasteiger partial charge in [0.15, 0.2) is 12.4 Å². The van der Waals surface area contributed by atoms with Crippen molar-refractivity contribution in [1.82, 2.24) is 9.88 Å². The van der Waals surface area contributed by atoms with Gasteiger partial charge in [0, 0.05) is 24.2 Å². The number of ether oxygens (including phenoxy) is 2. The van der Waals surface area contributed by atoms with Crippen LogP contribution >= 0.6 is 0 Å². The number of nitrogens with zero attached hydrogens (tertiary/aromatic N) is 2. The smallest absolute Gasteiger partial charge is 0.344 e. The second-order valence-corrected chi connectivity index (χ2v) is 9.04. The lowest BCUT2D eigenvalue weighted by atomic mass is 10.1. The molecule has 1 N–H and O–H groups in total. The van der Waals surface area contributed by atoms with Gasteiger partial charge in [-0.05, 0) is 31.0 Å². The number of carbonyl (C=O) groups excluding carboxylic acids is 1. The third-order valence-corrected chi connectivity index (χ3v) is 6.34. The predicted molar refractivity (Wildman–Crippen MR) is 140 cm³/mol. The Hall–Kier alpha value is -3.94. The Morgan fingerprint density at radius 1 is 1.03 bits per heavy atom. The van der Waals surface area contributed by atoms with Crippen molar-refractivity contribution < 1.29 is 23.8 Å². The highest BCUT2D eigenvalue weighted by Gasteiger charge is 2.36. The lowest BCUT2D eigenvalue weighted by Crippen LogP contribution is -2.24. The summed E-state index contributed by atoms with van der Waals surface area (Å²) in [5.74, 6) is 1.50. The van der Waals surface area contributed by atoms with Crippen LogP contribution in [0.2, 0.25) is 0 Å². The Balaban J connectivity index is 1.40. The molecule has 0 radical (unpaired) electrons. The molecule has 2 heterocycles. The molecule has 3 aromatic carbocycles. The number of β-amino-alcohol motifs (C(OH)–C–C–N with tert-alkyl or cyclic N) is 1. The maximum Gasteiger partial charge on any atom is 0.344 e. The van der Waals surface area contributed by atoms with Crippen molar-refractivity contribution in [2.24, 2.45) is 0 Å². The number of benzene rings is 3. The number of oxazole rings is 1. The Morgan fingerprint density at radius 3 is 2.49 bits per heavy atom. The molecular formula is C30H30N2O5. The zero-order valence-electron chi connectivity index (χ0n) is 20.7. The van der Waals surface area contributed by atoms with Crippen LogP contribution in [0.25, 0.3) is 22.6 Å². The first-order valence-corrected chi connectivity index (χ1v) is 12.5. The summed E-state index contributed by atoms with van der Waals surface area (Å²) >= 11 is 0. The second-order valence-electron chi connectivity index (χ2n) is 9.04. The van der Waals surface area contributed by atoms with Gasteiger partial charge in [-0.15, -0.1) is 0 Å². The highest BCUT2D eigenvalue weighted by Crippen LogP contribution is 2.39. The number of aliphatic hydroxyl groups is 1. The molecule has 0 saturated carbocycles.